The highest BCUT2D eigenvalue weighted by Crippen LogP contribution is 2.22. The number of hydrogen-bond acceptors (Lipinski definition) is 5. The van der Waals surface area contributed by atoms with Crippen LogP contribution in [0.4, 0.5) is 5.82 Å². The van der Waals surface area contributed by atoms with E-state index in [2.05, 4.69) is 27.2 Å². The number of aromatic nitrogens is 2. The number of hydrogen-bond donors (Lipinski definition) is 1. The smallest absolute Gasteiger partial charge is 0.190 e. The fourth-order valence-electron chi connectivity index (χ4n) is 2.01. The Morgan fingerprint density at radius 1 is 1.53 bits per heavy atom. The molecule has 4 nitrogen and oxygen atoms in total. The maximum absolute atomic E-state index is 6.01. The molecular formula is C11H17ClN4S. The van der Waals surface area contributed by atoms with Crippen molar-refractivity contribution in [1.82, 2.24) is 15.3 Å². The fourth-order valence-corrected chi connectivity index (χ4v) is 2.61. The van der Waals surface area contributed by atoms with Crippen molar-refractivity contribution < 1.29 is 0 Å². The Morgan fingerprint density at radius 3 is 3.00 bits per heavy atom. The largest absolute Gasteiger partial charge is 0.355 e. The summed E-state index contributed by atoms with van der Waals surface area (Å²) in [5.74, 6) is 0.906. The maximum Gasteiger partial charge on any atom is 0.190 e. The molecule has 1 fully saturated rings. The Hall–Kier alpha value is -0.520. The summed E-state index contributed by atoms with van der Waals surface area (Å²) in [5.41, 5.74) is 0. The Bertz CT molecular complexity index is 382. The highest BCUT2D eigenvalue weighted by Gasteiger charge is 2.19. The monoisotopic (exact) mass is 272 g/mol. The number of anilines is 1. The van der Waals surface area contributed by atoms with Gasteiger partial charge in [-0.3, -0.25) is 0 Å². The average Bonchev–Trinajstić information content (AvgIpc) is 2.38. The highest BCUT2D eigenvalue weighted by atomic mass is 35.5. The third kappa shape index (κ3) is 3.24. The Morgan fingerprint density at radius 2 is 2.35 bits per heavy atom. The zero-order valence-corrected chi connectivity index (χ0v) is 11.7. The van der Waals surface area contributed by atoms with Crippen molar-refractivity contribution in [2.24, 2.45) is 0 Å². The van der Waals surface area contributed by atoms with Crippen LogP contribution in [0, 0.1) is 0 Å². The molecule has 0 amide bonds. The third-order valence-electron chi connectivity index (χ3n) is 3.02. The van der Waals surface area contributed by atoms with Crippen LogP contribution in [0.1, 0.15) is 12.8 Å². The van der Waals surface area contributed by atoms with Gasteiger partial charge in [0, 0.05) is 25.7 Å². The highest BCUT2D eigenvalue weighted by molar-refractivity contribution is 7.98. The normalized spacial score (nSPS) is 20.3. The number of nitrogens with zero attached hydrogens (tertiary/aromatic N) is 3. The minimum Gasteiger partial charge on any atom is -0.355 e. The van der Waals surface area contributed by atoms with Crippen molar-refractivity contribution in [2.45, 2.75) is 24.0 Å². The molecule has 1 aromatic heterocycles. The molecule has 1 aliphatic heterocycles. The summed E-state index contributed by atoms with van der Waals surface area (Å²) in [5, 5.41) is 4.64. The van der Waals surface area contributed by atoms with Crippen LogP contribution in [0.5, 0.6) is 0 Å². The van der Waals surface area contributed by atoms with Crippen molar-refractivity contribution in [1.29, 1.82) is 0 Å². The van der Waals surface area contributed by atoms with E-state index >= 15 is 0 Å². The lowest BCUT2D eigenvalue weighted by molar-refractivity contribution is 0.442. The van der Waals surface area contributed by atoms with Crippen LogP contribution in [-0.2, 0) is 0 Å². The van der Waals surface area contributed by atoms with E-state index in [9.17, 15) is 0 Å². The molecule has 1 N–H and O–H groups in total. The summed E-state index contributed by atoms with van der Waals surface area (Å²) in [7, 11) is 2.07. The van der Waals surface area contributed by atoms with Gasteiger partial charge in [0.2, 0.25) is 0 Å². The molecule has 1 saturated heterocycles. The van der Waals surface area contributed by atoms with E-state index in [1.165, 1.54) is 24.6 Å². The lowest BCUT2D eigenvalue weighted by Crippen LogP contribution is -2.44. The molecule has 6 heteroatoms. The minimum atomic E-state index is 0.490. The Balaban J connectivity index is 2.17. The van der Waals surface area contributed by atoms with Crippen LogP contribution in [0.15, 0.2) is 11.2 Å². The first-order valence-corrected chi connectivity index (χ1v) is 7.33. The summed E-state index contributed by atoms with van der Waals surface area (Å²) >= 11 is 7.52. The van der Waals surface area contributed by atoms with E-state index < -0.39 is 0 Å². The summed E-state index contributed by atoms with van der Waals surface area (Å²) < 4.78 is 0. The van der Waals surface area contributed by atoms with E-state index in [-0.39, 0.29) is 0 Å². The summed E-state index contributed by atoms with van der Waals surface area (Å²) in [6.07, 6.45) is 4.36. The molecule has 2 heterocycles. The standard InChI is InChI=1S/C11H17ClN4S/c1-16(8-4-3-5-13-7-8)10-6-9(12)14-11(15-10)17-2/h6,8,13H,3-5,7H2,1-2H3/t8-/m1/s1. The van der Waals surface area contributed by atoms with E-state index in [0.29, 0.717) is 11.2 Å². The van der Waals surface area contributed by atoms with E-state index in [0.717, 1.165) is 24.1 Å². The molecule has 94 valence electrons. The van der Waals surface area contributed by atoms with Crippen LogP contribution in [-0.4, -0.2) is 42.4 Å². The molecule has 1 aliphatic rings. The van der Waals surface area contributed by atoms with Crippen molar-refractivity contribution in [2.75, 3.05) is 31.3 Å². The van der Waals surface area contributed by atoms with Crippen LogP contribution in [0.25, 0.3) is 0 Å². The summed E-state index contributed by atoms with van der Waals surface area (Å²) in [6, 6.07) is 2.32. The van der Waals surface area contributed by atoms with E-state index in [4.69, 9.17) is 11.6 Å². The van der Waals surface area contributed by atoms with Gasteiger partial charge in [-0.05, 0) is 25.6 Å². The number of piperidine rings is 1. The predicted octanol–water partition coefficient (Wildman–Crippen LogP) is 2.04. The lowest BCUT2D eigenvalue weighted by atomic mass is 10.1. The topological polar surface area (TPSA) is 41.1 Å². The van der Waals surface area contributed by atoms with Gasteiger partial charge < -0.3 is 10.2 Å². The second kappa shape index (κ2) is 5.89. The van der Waals surface area contributed by atoms with Gasteiger partial charge in [-0.2, -0.15) is 0 Å². The number of halogens is 1. The van der Waals surface area contributed by atoms with Gasteiger partial charge in [0.25, 0.3) is 0 Å². The second-order valence-electron chi connectivity index (χ2n) is 4.15. The molecule has 1 atom stereocenters. The van der Waals surface area contributed by atoms with Gasteiger partial charge in [0.15, 0.2) is 5.16 Å². The van der Waals surface area contributed by atoms with Crippen LogP contribution < -0.4 is 10.2 Å². The van der Waals surface area contributed by atoms with Gasteiger partial charge in [-0.15, -0.1) is 0 Å². The molecule has 2 rings (SSSR count). The molecule has 1 aromatic rings. The SMILES string of the molecule is CSc1nc(Cl)cc(N(C)[C@@H]2CCCNC2)n1. The van der Waals surface area contributed by atoms with Gasteiger partial charge in [0.1, 0.15) is 11.0 Å². The Labute approximate surface area is 111 Å². The summed E-state index contributed by atoms with van der Waals surface area (Å²) in [6.45, 7) is 2.12. The first kappa shape index (κ1) is 12.9. The van der Waals surface area contributed by atoms with Crippen molar-refractivity contribution in [3.05, 3.63) is 11.2 Å². The number of thioether (sulfide) groups is 1. The van der Waals surface area contributed by atoms with Gasteiger partial charge >= 0.3 is 0 Å². The van der Waals surface area contributed by atoms with Crippen molar-refractivity contribution in [3.8, 4) is 0 Å². The maximum atomic E-state index is 6.01. The van der Waals surface area contributed by atoms with E-state index in [1.54, 1.807) is 0 Å². The minimum absolute atomic E-state index is 0.490. The van der Waals surface area contributed by atoms with Gasteiger partial charge in [0.05, 0.1) is 0 Å². The predicted molar refractivity (Wildman–Crippen MR) is 73.1 cm³/mol. The molecule has 0 radical (unpaired) electrons. The quantitative estimate of drug-likeness (QED) is 0.518. The molecule has 0 bridgehead atoms. The molecule has 17 heavy (non-hydrogen) atoms. The molecule has 0 unspecified atom stereocenters. The van der Waals surface area contributed by atoms with Crippen LogP contribution in [0.2, 0.25) is 5.15 Å². The van der Waals surface area contributed by atoms with Crippen molar-refractivity contribution in [3.63, 3.8) is 0 Å². The second-order valence-corrected chi connectivity index (χ2v) is 5.31. The first-order valence-electron chi connectivity index (χ1n) is 5.73. The van der Waals surface area contributed by atoms with E-state index in [1.807, 2.05) is 12.3 Å². The fraction of sp³-hybridized carbons (Fsp3) is 0.636. The molecule has 0 saturated carbocycles. The van der Waals surface area contributed by atoms with Gasteiger partial charge in [-0.25, -0.2) is 9.97 Å². The molecule has 0 aromatic carbocycles. The van der Waals surface area contributed by atoms with Gasteiger partial charge in [-0.1, -0.05) is 23.4 Å². The number of rotatable bonds is 3. The summed E-state index contributed by atoms with van der Waals surface area (Å²) in [4.78, 5) is 10.8. The number of likely N-dealkylation sites (N-methyl/N-ethyl adjacent to an activating group) is 1. The molecule has 0 spiro atoms. The van der Waals surface area contributed by atoms with Crippen molar-refractivity contribution >= 4 is 29.2 Å². The van der Waals surface area contributed by atoms with Crippen LogP contribution in [0.3, 0.4) is 0 Å². The zero-order chi connectivity index (χ0) is 12.3. The molecular weight excluding hydrogens is 256 g/mol. The van der Waals surface area contributed by atoms with Crippen LogP contribution >= 0.6 is 23.4 Å². The first-order chi connectivity index (χ1) is 8.20. The average molecular weight is 273 g/mol. The third-order valence-corrected chi connectivity index (χ3v) is 3.76. The number of nitrogens with one attached hydrogen (secondary N) is 1. The lowest BCUT2D eigenvalue weighted by Gasteiger charge is -2.32. The zero-order valence-electron chi connectivity index (χ0n) is 10.1. The molecule has 0 aliphatic carbocycles. The Kier molecular flexibility index (Phi) is 4.48.